The molecule has 4 rings (SSSR count). The summed E-state index contributed by atoms with van der Waals surface area (Å²) in [4.78, 5) is 37.8. The van der Waals surface area contributed by atoms with Crippen molar-refractivity contribution in [2.75, 3.05) is 23.7 Å². The average Bonchev–Trinajstić information content (AvgIpc) is 3.68. The number of anilines is 2. The minimum atomic E-state index is -0.314. The van der Waals surface area contributed by atoms with Crippen molar-refractivity contribution in [1.82, 2.24) is 10.6 Å². The van der Waals surface area contributed by atoms with Gasteiger partial charge in [-0.1, -0.05) is 54.6 Å². The van der Waals surface area contributed by atoms with Gasteiger partial charge in [-0.2, -0.15) is 0 Å². The van der Waals surface area contributed by atoms with Crippen LogP contribution < -0.4 is 21.3 Å². The van der Waals surface area contributed by atoms with E-state index in [0.717, 1.165) is 24.8 Å². The Kier molecular flexibility index (Phi) is 7.55. The number of hydrogen-bond acceptors (Lipinski definition) is 4. The Bertz CT molecular complexity index is 1160. The molecule has 4 N–H and O–H groups in total. The van der Waals surface area contributed by atoms with Gasteiger partial charge < -0.3 is 21.3 Å². The van der Waals surface area contributed by atoms with Gasteiger partial charge in [0, 0.05) is 18.3 Å². The van der Waals surface area contributed by atoms with Crippen molar-refractivity contribution in [3.05, 3.63) is 95.6 Å². The summed E-state index contributed by atoms with van der Waals surface area (Å²) >= 11 is 0. The molecular weight excluding hydrogens is 428 g/mol. The third-order valence-corrected chi connectivity index (χ3v) is 5.51. The molecule has 0 radical (unpaired) electrons. The van der Waals surface area contributed by atoms with E-state index in [9.17, 15) is 14.4 Å². The predicted octanol–water partition coefficient (Wildman–Crippen LogP) is 3.60. The van der Waals surface area contributed by atoms with Crippen LogP contribution in [-0.4, -0.2) is 36.9 Å². The summed E-state index contributed by atoms with van der Waals surface area (Å²) in [7, 11) is 0. The second-order valence-electron chi connectivity index (χ2n) is 8.23. The molecule has 0 heterocycles. The molecule has 1 aliphatic carbocycles. The van der Waals surface area contributed by atoms with Gasteiger partial charge in [0.1, 0.15) is 0 Å². The summed E-state index contributed by atoms with van der Waals surface area (Å²) < 4.78 is 0. The van der Waals surface area contributed by atoms with E-state index in [2.05, 4.69) is 21.3 Å². The van der Waals surface area contributed by atoms with Crippen molar-refractivity contribution in [2.45, 2.75) is 25.3 Å². The fourth-order valence-electron chi connectivity index (χ4n) is 3.55. The zero-order valence-electron chi connectivity index (χ0n) is 18.8. The third kappa shape index (κ3) is 6.45. The normalized spacial score (nSPS) is 12.5. The molecular formula is C27H28N4O3. The summed E-state index contributed by atoms with van der Waals surface area (Å²) in [6.45, 7) is 0.463. The number of carbonyl (C=O) groups is 3. The molecule has 1 fully saturated rings. The van der Waals surface area contributed by atoms with Crippen LogP contribution in [0.25, 0.3) is 0 Å². The quantitative estimate of drug-likeness (QED) is 0.375. The fourth-order valence-corrected chi connectivity index (χ4v) is 3.55. The van der Waals surface area contributed by atoms with Gasteiger partial charge >= 0.3 is 0 Å². The number of amides is 3. The summed E-state index contributed by atoms with van der Waals surface area (Å²) in [6, 6.07) is 24.2. The molecule has 0 aliphatic heterocycles. The van der Waals surface area contributed by atoms with E-state index in [1.807, 2.05) is 30.3 Å². The smallest absolute Gasteiger partial charge is 0.253 e. The van der Waals surface area contributed by atoms with E-state index in [4.69, 9.17) is 0 Å². The van der Waals surface area contributed by atoms with E-state index in [1.165, 1.54) is 0 Å². The van der Waals surface area contributed by atoms with Gasteiger partial charge in [0.2, 0.25) is 5.91 Å². The molecule has 3 aromatic carbocycles. The summed E-state index contributed by atoms with van der Waals surface area (Å²) in [5.41, 5.74) is 3.07. The van der Waals surface area contributed by atoms with E-state index in [1.54, 1.807) is 48.5 Å². The highest BCUT2D eigenvalue weighted by atomic mass is 16.2. The van der Waals surface area contributed by atoms with Crippen LogP contribution in [0.3, 0.4) is 0 Å². The second-order valence-corrected chi connectivity index (χ2v) is 8.23. The fraction of sp³-hybridized carbons (Fsp3) is 0.222. The van der Waals surface area contributed by atoms with Crippen molar-refractivity contribution in [2.24, 2.45) is 0 Å². The van der Waals surface area contributed by atoms with Crippen LogP contribution >= 0.6 is 0 Å². The first-order valence-electron chi connectivity index (χ1n) is 11.4. The maximum atomic E-state index is 12.7. The van der Waals surface area contributed by atoms with Crippen LogP contribution in [0.4, 0.5) is 11.4 Å². The minimum Gasteiger partial charge on any atom is -0.376 e. The van der Waals surface area contributed by atoms with Crippen molar-refractivity contribution < 1.29 is 14.4 Å². The van der Waals surface area contributed by atoms with Crippen LogP contribution in [0.5, 0.6) is 0 Å². The number of nitrogens with one attached hydrogen (secondary N) is 4. The van der Waals surface area contributed by atoms with Crippen molar-refractivity contribution in [1.29, 1.82) is 0 Å². The van der Waals surface area contributed by atoms with E-state index in [-0.39, 0.29) is 30.3 Å². The molecule has 0 unspecified atom stereocenters. The van der Waals surface area contributed by atoms with Crippen molar-refractivity contribution >= 4 is 29.1 Å². The minimum absolute atomic E-state index is 0.0487. The summed E-state index contributed by atoms with van der Waals surface area (Å²) in [5.74, 6) is -0.712. The van der Waals surface area contributed by atoms with E-state index in [0.29, 0.717) is 29.0 Å². The van der Waals surface area contributed by atoms with Gasteiger partial charge in [-0.05, 0) is 49.1 Å². The topological polar surface area (TPSA) is 99.3 Å². The maximum absolute atomic E-state index is 12.7. The first kappa shape index (κ1) is 23.0. The number of rotatable bonds is 10. The lowest BCUT2D eigenvalue weighted by Gasteiger charge is -2.14. The number of hydrogen-bond donors (Lipinski definition) is 4. The Hall–Kier alpha value is -4.13. The van der Waals surface area contributed by atoms with E-state index < -0.39 is 0 Å². The van der Waals surface area contributed by atoms with Crippen LogP contribution in [0, 0.1) is 0 Å². The van der Waals surface area contributed by atoms with Gasteiger partial charge in [0.15, 0.2) is 0 Å². The molecule has 7 nitrogen and oxygen atoms in total. The molecule has 174 valence electrons. The van der Waals surface area contributed by atoms with Crippen molar-refractivity contribution in [3.8, 4) is 0 Å². The van der Waals surface area contributed by atoms with Crippen LogP contribution in [0.2, 0.25) is 0 Å². The third-order valence-electron chi connectivity index (χ3n) is 5.51. The lowest BCUT2D eigenvalue weighted by atomic mass is 10.1. The monoisotopic (exact) mass is 456 g/mol. The standard InChI is InChI=1S/C27H28N4O3/c32-25(31-24-13-7-5-11-22(24)27(34)30-20-14-15-20)18-29-23-12-6-4-10-21(23)26(33)28-17-16-19-8-2-1-3-9-19/h1-13,20,29H,14-18H2,(H,28,33)(H,30,34)(H,31,32). The average molecular weight is 457 g/mol. The van der Waals surface area contributed by atoms with Gasteiger partial charge in [0.05, 0.1) is 23.4 Å². The molecule has 1 aliphatic rings. The highest BCUT2D eigenvalue weighted by molar-refractivity contribution is 6.05. The number of para-hydroxylation sites is 2. The Morgan fingerprint density at radius 2 is 1.35 bits per heavy atom. The van der Waals surface area contributed by atoms with Crippen molar-refractivity contribution in [3.63, 3.8) is 0 Å². The lowest BCUT2D eigenvalue weighted by Crippen LogP contribution is -2.29. The summed E-state index contributed by atoms with van der Waals surface area (Å²) in [5, 5.41) is 11.7. The molecule has 0 aromatic heterocycles. The van der Waals surface area contributed by atoms with Crippen LogP contribution in [-0.2, 0) is 11.2 Å². The zero-order chi connectivity index (χ0) is 23.8. The van der Waals surface area contributed by atoms with Crippen LogP contribution in [0.15, 0.2) is 78.9 Å². The molecule has 1 saturated carbocycles. The molecule has 34 heavy (non-hydrogen) atoms. The van der Waals surface area contributed by atoms with Crippen LogP contribution in [0.1, 0.15) is 39.1 Å². The number of benzene rings is 3. The predicted molar refractivity (Wildman–Crippen MR) is 133 cm³/mol. The summed E-state index contributed by atoms with van der Waals surface area (Å²) in [6.07, 6.45) is 2.71. The molecule has 0 spiro atoms. The first-order chi connectivity index (χ1) is 16.6. The SMILES string of the molecule is O=C(CNc1ccccc1C(=O)NCCc1ccccc1)Nc1ccccc1C(=O)NC1CC1. The Morgan fingerprint density at radius 1 is 0.735 bits per heavy atom. The lowest BCUT2D eigenvalue weighted by molar-refractivity contribution is -0.114. The Labute approximate surface area is 199 Å². The highest BCUT2D eigenvalue weighted by Crippen LogP contribution is 2.22. The largest absolute Gasteiger partial charge is 0.376 e. The van der Waals surface area contributed by atoms with E-state index >= 15 is 0 Å². The van der Waals surface area contributed by atoms with Gasteiger partial charge in [-0.25, -0.2) is 0 Å². The second kappa shape index (κ2) is 11.1. The van der Waals surface area contributed by atoms with Gasteiger partial charge in [-0.15, -0.1) is 0 Å². The molecule has 3 aromatic rings. The highest BCUT2D eigenvalue weighted by Gasteiger charge is 2.25. The Morgan fingerprint density at radius 3 is 2.06 bits per heavy atom. The maximum Gasteiger partial charge on any atom is 0.253 e. The first-order valence-corrected chi connectivity index (χ1v) is 11.4. The molecule has 7 heteroatoms. The van der Waals surface area contributed by atoms with Gasteiger partial charge in [0.25, 0.3) is 11.8 Å². The van der Waals surface area contributed by atoms with Gasteiger partial charge in [-0.3, -0.25) is 14.4 Å². The Balaban J connectivity index is 1.32. The number of carbonyl (C=O) groups excluding carboxylic acids is 3. The zero-order valence-corrected chi connectivity index (χ0v) is 18.8. The molecule has 0 bridgehead atoms. The molecule has 3 amide bonds. The molecule has 0 atom stereocenters. The molecule has 0 saturated heterocycles.